The predicted molar refractivity (Wildman–Crippen MR) is 114 cm³/mol. The van der Waals surface area contributed by atoms with E-state index >= 15 is 0 Å². The summed E-state index contributed by atoms with van der Waals surface area (Å²) in [6, 6.07) is 8.72. The number of halogens is 1. The van der Waals surface area contributed by atoms with Crippen molar-refractivity contribution in [2.45, 2.75) is 24.9 Å². The lowest BCUT2D eigenvalue weighted by molar-refractivity contribution is -0.123. The number of pyridine rings is 1. The predicted octanol–water partition coefficient (Wildman–Crippen LogP) is 0.657. The van der Waals surface area contributed by atoms with Crippen molar-refractivity contribution in [3.05, 3.63) is 65.2 Å². The Bertz CT molecular complexity index is 1040. The maximum absolute atomic E-state index is 14.6. The fourth-order valence-electron chi connectivity index (χ4n) is 3.80. The number of likely N-dealkylation sites (tertiary alicyclic amines) is 1. The number of amides is 2. The number of carbonyl (C=O) groups is 2. The van der Waals surface area contributed by atoms with Crippen LogP contribution in [0.2, 0.25) is 0 Å². The molecule has 9 heteroatoms. The van der Waals surface area contributed by atoms with Gasteiger partial charge in [-0.3, -0.25) is 23.9 Å². The first kappa shape index (κ1) is 21.2. The van der Waals surface area contributed by atoms with E-state index in [1.54, 1.807) is 23.1 Å². The van der Waals surface area contributed by atoms with Crippen LogP contribution in [0.5, 0.6) is 0 Å². The molecule has 2 aliphatic rings. The van der Waals surface area contributed by atoms with E-state index in [0.29, 0.717) is 18.3 Å². The van der Waals surface area contributed by atoms with Gasteiger partial charge in [-0.15, -0.1) is 0 Å². The zero-order chi connectivity index (χ0) is 22.0. The molecule has 1 radical (unpaired) electrons. The van der Waals surface area contributed by atoms with Gasteiger partial charge in [-0.25, -0.2) is 4.39 Å². The van der Waals surface area contributed by atoms with Crippen LogP contribution in [0, 0.1) is 18.2 Å². The Morgan fingerprint density at radius 2 is 2.00 bits per heavy atom. The third-order valence-electron chi connectivity index (χ3n) is 5.53. The number of benzene rings is 1. The van der Waals surface area contributed by atoms with Gasteiger partial charge in [0.05, 0.1) is 24.0 Å². The summed E-state index contributed by atoms with van der Waals surface area (Å²) in [5.74, 6) is -1.50. The molecule has 1 saturated carbocycles. The van der Waals surface area contributed by atoms with E-state index in [-0.39, 0.29) is 23.7 Å². The summed E-state index contributed by atoms with van der Waals surface area (Å²) in [6.07, 6.45) is 5.75. The lowest BCUT2D eigenvalue weighted by Gasteiger charge is -2.21. The fraction of sp³-hybridized carbons (Fsp3) is 0.364. The van der Waals surface area contributed by atoms with Crippen molar-refractivity contribution in [3.8, 4) is 5.69 Å². The molecule has 1 aromatic heterocycles. The van der Waals surface area contributed by atoms with Crippen LogP contribution in [-0.4, -0.2) is 53.0 Å². The zero-order valence-corrected chi connectivity index (χ0v) is 17.0. The SMILES string of the molecule is NC(=O)C1[CH][C@@H](CNC2CC2)CN1CC(=O)Nc1ccc(-n2ccccc2=O)cc1F. The van der Waals surface area contributed by atoms with Gasteiger partial charge in [0.1, 0.15) is 5.82 Å². The van der Waals surface area contributed by atoms with Crippen molar-refractivity contribution < 1.29 is 14.0 Å². The summed E-state index contributed by atoms with van der Waals surface area (Å²) in [5.41, 5.74) is 5.58. The Hall–Kier alpha value is -3.04. The van der Waals surface area contributed by atoms with Crippen molar-refractivity contribution in [3.63, 3.8) is 0 Å². The molecule has 1 unspecified atom stereocenters. The Morgan fingerprint density at radius 3 is 2.68 bits per heavy atom. The molecule has 2 atom stereocenters. The highest BCUT2D eigenvalue weighted by atomic mass is 19.1. The number of nitrogens with two attached hydrogens (primary N) is 1. The lowest BCUT2D eigenvalue weighted by Crippen LogP contribution is -2.44. The second-order valence-electron chi connectivity index (χ2n) is 8.03. The van der Waals surface area contributed by atoms with Crippen LogP contribution in [0.15, 0.2) is 47.4 Å². The molecule has 163 valence electrons. The third-order valence-corrected chi connectivity index (χ3v) is 5.53. The first-order valence-corrected chi connectivity index (χ1v) is 10.3. The van der Waals surface area contributed by atoms with E-state index in [9.17, 15) is 18.8 Å². The number of carbonyl (C=O) groups excluding carboxylic acids is 2. The normalized spacial score (nSPS) is 21.2. The minimum absolute atomic E-state index is 0.00322. The van der Waals surface area contributed by atoms with Crippen LogP contribution in [0.1, 0.15) is 12.8 Å². The fourth-order valence-corrected chi connectivity index (χ4v) is 3.80. The number of nitrogens with one attached hydrogen (secondary N) is 2. The molecule has 2 heterocycles. The average Bonchev–Trinajstić information content (AvgIpc) is 3.47. The van der Waals surface area contributed by atoms with Gasteiger partial charge in [-0.05, 0) is 49.9 Å². The van der Waals surface area contributed by atoms with Crippen LogP contribution >= 0.6 is 0 Å². The molecule has 0 bridgehead atoms. The molecular weight excluding hydrogens is 401 g/mol. The Labute approximate surface area is 179 Å². The van der Waals surface area contributed by atoms with E-state index in [1.165, 1.54) is 41.8 Å². The first-order valence-electron chi connectivity index (χ1n) is 10.3. The highest BCUT2D eigenvalue weighted by Gasteiger charge is 2.37. The van der Waals surface area contributed by atoms with E-state index in [0.717, 1.165) is 6.54 Å². The van der Waals surface area contributed by atoms with E-state index in [1.807, 2.05) is 6.42 Å². The average molecular weight is 426 g/mol. The molecule has 1 aliphatic heterocycles. The van der Waals surface area contributed by atoms with Crippen LogP contribution in [0.25, 0.3) is 5.69 Å². The summed E-state index contributed by atoms with van der Waals surface area (Å²) < 4.78 is 15.9. The van der Waals surface area contributed by atoms with E-state index < -0.39 is 23.7 Å². The Balaban J connectivity index is 1.39. The molecule has 0 spiro atoms. The molecule has 8 nitrogen and oxygen atoms in total. The molecule has 2 amide bonds. The van der Waals surface area contributed by atoms with E-state index in [4.69, 9.17) is 5.73 Å². The monoisotopic (exact) mass is 426 g/mol. The van der Waals surface area contributed by atoms with Gasteiger partial charge in [0.25, 0.3) is 5.56 Å². The molecule has 1 aliphatic carbocycles. The van der Waals surface area contributed by atoms with Gasteiger partial charge in [0.15, 0.2) is 0 Å². The minimum Gasteiger partial charge on any atom is -0.368 e. The van der Waals surface area contributed by atoms with Gasteiger partial charge in [0.2, 0.25) is 11.8 Å². The number of aromatic nitrogens is 1. The molecular formula is C22H25FN5O3. The quantitative estimate of drug-likeness (QED) is 0.575. The minimum atomic E-state index is -0.660. The van der Waals surface area contributed by atoms with Gasteiger partial charge in [-0.1, -0.05) is 6.07 Å². The van der Waals surface area contributed by atoms with Crippen molar-refractivity contribution in [2.24, 2.45) is 11.7 Å². The second-order valence-corrected chi connectivity index (χ2v) is 8.03. The summed E-state index contributed by atoms with van der Waals surface area (Å²) in [4.78, 5) is 37.9. The summed E-state index contributed by atoms with van der Waals surface area (Å²) in [6.45, 7) is 1.18. The number of primary amides is 1. The number of hydrogen-bond acceptors (Lipinski definition) is 5. The van der Waals surface area contributed by atoms with Crippen molar-refractivity contribution in [1.29, 1.82) is 0 Å². The highest BCUT2D eigenvalue weighted by Crippen LogP contribution is 2.24. The number of anilines is 1. The maximum Gasteiger partial charge on any atom is 0.255 e. The topological polar surface area (TPSA) is 109 Å². The van der Waals surface area contributed by atoms with Crippen molar-refractivity contribution in [1.82, 2.24) is 14.8 Å². The number of rotatable bonds is 8. The van der Waals surface area contributed by atoms with Gasteiger partial charge < -0.3 is 16.4 Å². The standard InChI is InChI=1S/C22H25FN5O3/c23-17-10-16(28-8-2-1-3-21(28)30)6-7-18(17)26-20(29)13-27-12-14(9-19(27)22(24)31)11-25-15-4-5-15/h1-3,6-10,14-15,19,25H,4-5,11-13H2,(H2,24,31)(H,26,29)/t14-,19?/m0/s1. The van der Waals surface area contributed by atoms with Crippen LogP contribution in [0.3, 0.4) is 0 Å². The molecule has 31 heavy (non-hydrogen) atoms. The molecule has 1 aromatic carbocycles. The van der Waals surface area contributed by atoms with Crippen LogP contribution in [-0.2, 0) is 9.59 Å². The maximum atomic E-state index is 14.6. The summed E-state index contributed by atoms with van der Waals surface area (Å²) >= 11 is 0. The molecule has 4 rings (SSSR count). The van der Waals surface area contributed by atoms with Crippen molar-refractivity contribution in [2.75, 3.05) is 25.0 Å². The van der Waals surface area contributed by atoms with Crippen LogP contribution in [0.4, 0.5) is 10.1 Å². The lowest BCUT2D eigenvalue weighted by atomic mass is 10.1. The number of hydrogen-bond donors (Lipinski definition) is 3. The van der Waals surface area contributed by atoms with E-state index in [2.05, 4.69) is 10.6 Å². The second kappa shape index (κ2) is 8.99. The first-order chi connectivity index (χ1) is 14.9. The van der Waals surface area contributed by atoms with Crippen LogP contribution < -0.4 is 21.9 Å². The van der Waals surface area contributed by atoms with Crippen molar-refractivity contribution >= 4 is 17.5 Å². The molecule has 4 N–H and O–H groups in total. The zero-order valence-electron chi connectivity index (χ0n) is 17.0. The Kier molecular flexibility index (Phi) is 6.15. The molecule has 2 fully saturated rings. The van der Waals surface area contributed by atoms with Gasteiger partial charge in [-0.2, -0.15) is 0 Å². The smallest absolute Gasteiger partial charge is 0.255 e. The highest BCUT2D eigenvalue weighted by molar-refractivity contribution is 5.93. The third kappa shape index (κ3) is 5.18. The molecule has 1 saturated heterocycles. The largest absolute Gasteiger partial charge is 0.368 e. The molecule has 2 aromatic rings. The summed E-state index contributed by atoms with van der Waals surface area (Å²) in [5, 5.41) is 5.96. The Morgan fingerprint density at radius 1 is 1.19 bits per heavy atom. The van der Waals surface area contributed by atoms with Gasteiger partial charge >= 0.3 is 0 Å². The number of nitrogens with zero attached hydrogens (tertiary/aromatic N) is 2. The summed E-state index contributed by atoms with van der Waals surface area (Å²) in [7, 11) is 0. The van der Waals surface area contributed by atoms with Gasteiger partial charge in [0, 0.05) is 30.9 Å².